The van der Waals surface area contributed by atoms with Gasteiger partial charge in [0.1, 0.15) is 11.5 Å². The molecule has 0 N–H and O–H groups in total. The van der Waals surface area contributed by atoms with Crippen molar-refractivity contribution in [2.45, 2.75) is 13.3 Å². The van der Waals surface area contributed by atoms with E-state index in [1.54, 1.807) is 30.3 Å². The fraction of sp³-hybridized carbons (Fsp3) is 0.318. The number of ether oxygens (including phenoxy) is 3. The van der Waals surface area contributed by atoms with E-state index < -0.39 is 11.9 Å². The highest BCUT2D eigenvalue weighted by Crippen LogP contribution is 2.34. The summed E-state index contributed by atoms with van der Waals surface area (Å²) in [4.78, 5) is 38.6. The molecule has 1 atom stereocenters. The summed E-state index contributed by atoms with van der Waals surface area (Å²) in [5.41, 5.74) is 2.03. The first kappa shape index (κ1) is 20.4. The number of anilines is 1. The maximum atomic E-state index is 12.5. The predicted octanol–water partition coefficient (Wildman–Crippen LogP) is 2.79. The lowest BCUT2D eigenvalue weighted by atomic mass is 10.1. The molecule has 7 heteroatoms. The minimum absolute atomic E-state index is 0.0344. The van der Waals surface area contributed by atoms with E-state index in [4.69, 9.17) is 14.2 Å². The van der Waals surface area contributed by atoms with E-state index in [1.165, 1.54) is 19.1 Å². The second kappa shape index (κ2) is 8.77. The molecule has 1 amide bonds. The zero-order valence-corrected chi connectivity index (χ0v) is 16.6. The third-order valence-electron chi connectivity index (χ3n) is 4.84. The van der Waals surface area contributed by atoms with Gasteiger partial charge >= 0.3 is 5.97 Å². The van der Waals surface area contributed by atoms with Gasteiger partial charge < -0.3 is 19.1 Å². The van der Waals surface area contributed by atoms with Crippen molar-refractivity contribution in [2.24, 2.45) is 5.92 Å². The SMILES string of the molecule is COc1ccc(C(=O)COC(=O)[C@H]2CC(=O)N(c3cc(C)ccc3OC)C2)cc1. The monoisotopic (exact) mass is 397 g/mol. The van der Waals surface area contributed by atoms with E-state index in [0.29, 0.717) is 22.7 Å². The van der Waals surface area contributed by atoms with E-state index >= 15 is 0 Å². The van der Waals surface area contributed by atoms with Crippen molar-refractivity contribution in [2.75, 3.05) is 32.3 Å². The third-order valence-corrected chi connectivity index (χ3v) is 4.84. The van der Waals surface area contributed by atoms with Gasteiger partial charge in [-0.05, 0) is 48.9 Å². The van der Waals surface area contributed by atoms with E-state index in [1.807, 2.05) is 19.1 Å². The Bertz CT molecular complexity index is 921. The average molecular weight is 397 g/mol. The van der Waals surface area contributed by atoms with Crippen LogP contribution in [0.5, 0.6) is 11.5 Å². The summed E-state index contributed by atoms with van der Waals surface area (Å²) in [5, 5.41) is 0. The minimum Gasteiger partial charge on any atom is -0.497 e. The lowest BCUT2D eigenvalue weighted by Crippen LogP contribution is -2.27. The largest absolute Gasteiger partial charge is 0.497 e. The molecule has 1 aliphatic heterocycles. The number of aryl methyl sites for hydroxylation is 1. The van der Waals surface area contributed by atoms with Gasteiger partial charge in [-0.25, -0.2) is 0 Å². The van der Waals surface area contributed by atoms with Gasteiger partial charge in [0.05, 0.1) is 25.8 Å². The summed E-state index contributed by atoms with van der Waals surface area (Å²) in [6, 6.07) is 12.1. The molecular weight excluding hydrogens is 374 g/mol. The molecule has 1 fully saturated rings. The van der Waals surface area contributed by atoms with E-state index in [0.717, 1.165) is 5.56 Å². The summed E-state index contributed by atoms with van der Waals surface area (Å²) in [7, 11) is 3.07. The smallest absolute Gasteiger partial charge is 0.311 e. The Hall–Kier alpha value is -3.35. The number of hydrogen-bond donors (Lipinski definition) is 0. The van der Waals surface area contributed by atoms with Crippen molar-refractivity contribution in [3.8, 4) is 11.5 Å². The number of rotatable bonds is 7. The lowest BCUT2D eigenvalue weighted by Gasteiger charge is -2.20. The van der Waals surface area contributed by atoms with Crippen LogP contribution in [0.1, 0.15) is 22.3 Å². The number of methoxy groups -OCH3 is 2. The van der Waals surface area contributed by atoms with Gasteiger partial charge in [-0.1, -0.05) is 6.07 Å². The van der Waals surface area contributed by atoms with Crippen LogP contribution in [0.3, 0.4) is 0 Å². The number of Topliss-reactive ketones (excluding diaryl/α,β-unsaturated/α-hetero) is 1. The Morgan fingerprint density at radius 3 is 2.45 bits per heavy atom. The van der Waals surface area contributed by atoms with E-state index in [9.17, 15) is 14.4 Å². The molecule has 1 saturated heterocycles. The summed E-state index contributed by atoms with van der Waals surface area (Å²) in [6.45, 7) is 1.73. The Morgan fingerprint density at radius 1 is 1.07 bits per heavy atom. The van der Waals surface area contributed by atoms with Gasteiger partial charge in [0, 0.05) is 18.5 Å². The molecular formula is C22H23NO6. The van der Waals surface area contributed by atoms with Crippen molar-refractivity contribution in [3.05, 3.63) is 53.6 Å². The fourth-order valence-electron chi connectivity index (χ4n) is 3.22. The number of amides is 1. The van der Waals surface area contributed by atoms with Crippen molar-refractivity contribution >= 4 is 23.3 Å². The van der Waals surface area contributed by atoms with Gasteiger partial charge in [-0.3, -0.25) is 14.4 Å². The highest BCUT2D eigenvalue weighted by atomic mass is 16.5. The normalized spacial score (nSPS) is 15.9. The molecule has 0 aliphatic carbocycles. The van der Waals surface area contributed by atoms with Crippen LogP contribution in [0, 0.1) is 12.8 Å². The topological polar surface area (TPSA) is 82.1 Å². The van der Waals surface area contributed by atoms with Crippen LogP contribution in [0.25, 0.3) is 0 Å². The molecule has 0 unspecified atom stereocenters. The van der Waals surface area contributed by atoms with Crippen molar-refractivity contribution in [3.63, 3.8) is 0 Å². The number of carbonyl (C=O) groups excluding carboxylic acids is 3. The van der Waals surface area contributed by atoms with Crippen molar-refractivity contribution in [1.82, 2.24) is 0 Å². The number of ketones is 1. The molecule has 29 heavy (non-hydrogen) atoms. The molecule has 2 aromatic rings. The molecule has 0 saturated carbocycles. The first-order valence-corrected chi connectivity index (χ1v) is 9.22. The van der Waals surface area contributed by atoms with Crippen molar-refractivity contribution < 1.29 is 28.6 Å². The van der Waals surface area contributed by atoms with E-state index in [-0.39, 0.29) is 31.3 Å². The van der Waals surface area contributed by atoms with Crippen LogP contribution in [0.4, 0.5) is 5.69 Å². The standard InChI is InChI=1S/C22H23NO6/c1-14-4-9-20(28-3)18(10-14)23-12-16(11-21(23)25)22(26)29-13-19(24)15-5-7-17(27-2)8-6-15/h4-10,16H,11-13H2,1-3H3/t16-/m0/s1. The van der Waals surface area contributed by atoms with Crippen LogP contribution < -0.4 is 14.4 Å². The first-order chi connectivity index (χ1) is 13.9. The van der Waals surface area contributed by atoms with Gasteiger partial charge in [-0.2, -0.15) is 0 Å². The molecule has 2 aromatic carbocycles. The Balaban J connectivity index is 1.61. The van der Waals surface area contributed by atoms with Gasteiger partial charge in [0.2, 0.25) is 5.91 Å². The van der Waals surface area contributed by atoms with Crippen LogP contribution >= 0.6 is 0 Å². The maximum Gasteiger partial charge on any atom is 0.311 e. The molecule has 7 nitrogen and oxygen atoms in total. The summed E-state index contributed by atoms with van der Waals surface area (Å²) >= 11 is 0. The highest BCUT2D eigenvalue weighted by molar-refractivity contribution is 6.01. The predicted molar refractivity (Wildman–Crippen MR) is 106 cm³/mol. The Kier molecular flexibility index (Phi) is 6.16. The summed E-state index contributed by atoms with van der Waals surface area (Å²) in [5.74, 6) is -0.493. The second-order valence-electron chi connectivity index (χ2n) is 6.84. The maximum absolute atomic E-state index is 12.5. The Morgan fingerprint density at radius 2 is 1.79 bits per heavy atom. The molecule has 0 aromatic heterocycles. The third kappa shape index (κ3) is 4.56. The summed E-state index contributed by atoms with van der Waals surface area (Å²) < 4.78 is 15.6. The van der Waals surface area contributed by atoms with Gasteiger partial charge in [-0.15, -0.1) is 0 Å². The number of benzene rings is 2. The first-order valence-electron chi connectivity index (χ1n) is 9.22. The van der Waals surface area contributed by atoms with Crippen LogP contribution in [-0.4, -0.2) is 45.0 Å². The Labute approximate surface area is 169 Å². The number of esters is 1. The molecule has 0 spiro atoms. The van der Waals surface area contributed by atoms with Crippen molar-refractivity contribution in [1.29, 1.82) is 0 Å². The number of hydrogen-bond acceptors (Lipinski definition) is 6. The second-order valence-corrected chi connectivity index (χ2v) is 6.84. The molecule has 0 bridgehead atoms. The van der Waals surface area contributed by atoms with E-state index in [2.05, 4.69) is 0 Å². The zero-order chi connectivity index (χ0) is 21.0. The molecule has 152 valence electrons. The summed E-state index contributed by atoms with van der Waals surface area (Å²) in [6.07, 6.45) is 0.0344. The highest BCUT2D eigenvalue weighted by Gasteiger charge is 2.37. The molecule has 0 radical (unpaired) electrons. The van der Waals surface area contributed by atoms with Gasteiger partial charge in [0.25, 0.3) is 0 Å². The zero-order valence-electron chi connectivity index (χ0n) is 16.6. The molecule has 1 heterocycles. The van der Waals surface area contributed by atoms with Gasteiger partial charge in [0.15, 0.2) is 12.4 Å². The molecule has 3 rings (SSSR count). The lowest BCUT2D eigenvalue weighted by molar-refractivity contribution is -0.147. The minimum atomic E-state index is -0.628. The average Bonchev–Trinajstić information content (AvgIpc) is 3.13. The van der Waals surface area contributed by atoms with Crippen LogP contribution in [0.15, 0.2) is 42.5 Å². The van der Waals surface area contributed by atoms with Crippen LogP contribution in [-0.2, 0) is 14.3 Å². The molecule has 1 aliphatic rings. The number of nitrogens with zero attached hydrogens (tertiary/aromatic N) is 1. The fourth-order valence-corrected chi connectivity index (χ4v) is 3.22. The number of carbonyl (C=O) groups is 3. The van der Waals surface area contributed by atoms with Crippen LogP contribution in [0.2, 0.25) is 0 Å². The quantitative estimate of drug-likeness (QED) is 0.528.